The minimum atomic E-state index is -5.36. The quantitative estimate of drug-likeness (QED) is 0.533. The summed E-state index contributed by atoms with van der Waals surface area (Å²) in [5.41, 5.74) is -2.39. The van der Waals surface area contributed by atoms with Gasteiger partial charge in [-0.05, 0) is 24.1 Å². The van der Waals surface area contributed by atoms with Gasteiger partial charge in [-0.3, -0.25) is 9.20 Å². The SMILES string of the molecule is O=c1ncc2cccc3nc(-c4ccc(CCNS(=O)(=O)C(F)(F)F)cc4)c1n23. The van der Waals surface area contributed by atoms with Crippen LogP contribution in [0.15, 0.2) is 53.5 Å². The molecule has 11 heteroatoms. The van der Waals surface area contributed by atoms with Gasteiger partial charge in [0.25, 0.3) is 5.56 Å². The normalized spacial score (nSPS) is 12.8. The highest BCUT2D eigenvalue weighted by molar-refractivity contribution is 7.90. The third kappa shape index (κ3) is 3.42. The van der Waals surface area contributed by atoms with Crippen LogP contribution in [0.25, 0.3) is 27.9 Å². The molecule has 0 aliphatic rings. The first-order valence-corrected chi connectivity index (χ1v) is 9.91. The Kier molecular flexibility index (Phi) is 4.50. The van der Waals surface area contributed by atoms with E-state index < -0.39 is 27.6 Å². The van der Waals surface area contributed by atoms with Crippen molar-refractivity contribution in [3.05, 3.63) is 64.6 Å². The van der Waals surface area contributed by atoms with Crippen molar-refractivity contribution in [2.75, 3.05) is 6.54 Å². The van der Waals surface area contributed by atoms with Crippen molar-refractivity contribution < 1.29 is 21.6 Å². The fourth-order valence-corrected chi connectivity index (χ4v) is 3.58. The number of sulfonamides is 1. The summed E-state index contributed by atoms with van der Waals surface area (Å²) in [5.74, 6) is 0. The zero-order valence-corrected chi connectivity index (χ0v) is 15.5. The first-order chi connectivity index (χ1) is 13.7. The van der Waals surface area contributed by atoms with Gasteiger partial charge in [0.15, 0.2) is 0 Å². The highest BCUT2D eigenvalue weighted by atomic mass is 32.2. The molecule has 7 nitrogen and oxygen atoms in total. The molecule has 0 atom stereocenters. The zero-order chi connectivity index (χ0) is 20.8. The van der Waals surface area contributed by atoms with Gasteiger partial charge in [0, 0.05) is 12.1 Å². The Labute approximate surface area is 162 Å². The van der Waals surface area contributed by atoms with Gasteiger partial charge in [-0.2, -0.15) is 13.2 Å². The molecule has 3 aromatic heterocycles. The van der Waals surface area contributed by atoms with E-state index in [0.717, 1.165) is 5.52 Å². The van der Waals surface area contributed by atoms with E-state index in [2.05, 4.69) is 9.97 Å². The Bertz CT molecular complexity index is 1350. The molecule has 0 spiro atoms. The summed E-state index contributed by atoms with van der Waals surface area (Å²) in [5, 5.41) is 0. The first-order valence-electron chi connectivity index (χ1n) is 8.42. The summed E-state index contributed by atoms with van der Waals surface area (Å²) in [4.78, 5) is 20.7. The lowest BCUT2D eigenvalue weighted by atomic mass is 10.1. The lowest BCUT2D eigenvalue weighted by Crippen LogP contribution is -2.37. The standard InChI is InChI=1S/C18H13F3N4O3S/c19-18(20,21)29(27,28)23-9-8-11-4-6-12(7-5-11)15-16-17(26)22-10-13-2-1-3-14(24-15)25(13)16/h1-7,10,23H,8-9H2. The molecule has 4 aromatic rings. The summed E-state index contributed by atoms with van der Waals surface area (Å²) in [7, 11) is -5.36. The molecule has 1 N–H and O–H groups in total. The van der Waals surface area contributed by atoms with Crippen molar-refractivity contribution in [1.29, 1.82) is 0 Å². The number of benzene rings is 1. The van der Waals surface area contributed by atoms with Gasteiger partial charge in [0.05, 0.1) is 11.7 Å². The Hall–Kier alpha value is -3.05. The summed E-state index contributed by atoms with van der Waals surface area (Å²) in [6.45, 7) is -0.392. The predicted molar refractivity (Wildman–Crippen MR) is 100 cm³/mol. The van der Waals surface area contributed by atoms with Crippen molar-refractivity contribution in [2.45, 2.75) is 11.9 Å². The maximum absolute atomic E-state index is 12.3. The van der Waals surface area contributed by atoms with Crippen molar-refractivity contribution in [2.24, 2.45) is 0 Å². The molecule has 0 saturated heterocycles. The lowest BCUT2D eigenvalue weighted by Gasteiger charge is -2.09. The molecule has 0 bridgehead atoms. The van der Waals surface area contributed by atoms with Crippen LogP contribution in [0.4, 0.5) is 13.2 Å². The van der Waals surface area contributed by atoms with Gasteiger partial charge in [-0.15, -0.1) is 0 Å². The monoisotopic (exact) mass is 422 g/mol. The maximum atomic E-state index is 12.3. The Morgan fingerprint density at radius 3 is 2.48 bits per heavy atom. The van der Waals surface area contributed by atoms with Gasteiger partial charge in [-0.1, -0.05) is 30.3 Å². The summed E-state index contributed by atoms with van der Waals surface area (Å²) in [6.07, 6.45) is 1.54. The van der Waals surface area contributed by atoms with Gasteiger partial charge in [-0.25, -0.2) is 23.1 Å². The molecule has 1 aromatic carbocycles. The van der Waals surface area contributed by atoms with Crippen LogP contribution in [0.1, 0.15) is 5.56 Å². The molecule has 29 heavy (non-hydrogen) atoms. The van der Waals surface area contributed by atoms with Crippen LogP contribution in [0, 0.1) is 0 Å². The fourth-order valence-electron chi connectivity index (χ4n) is 3.04. The molecule has 0 aliphatic carbocycles. The third-order valence-corrected chi connectivity index (χ3v) is 5.62. The number of hydrogen-bond donors (Lipinski definition) is 1. The molecule has 0 radical (unpaired) electrons. The molecule has 150 valence electrons. The third-order valence-electron chi connectivity index (χ3n) is 4.43. The number of nitrogens with zero attached hydrogens (tertiary/aromatic N) is 3. The van der Waals surface area contributed by atoms with Crippen molar-refractivity contribution >= 4 is 26.7 Å². The highest BCUT2D eigenvalue weighted by Gasteiger charge is 2.45. The van der Waals surface area contributed by atoms with Crippen LogP contribution < -0.4 is 10.3 Å². The van der Waals surface area contributed by atoms with Crippen LogP contribution in [-0.2, 0) is 16.4 Å². The molecule has 4 rings (SSSR count). The minimum Gasteiger partial charge on any atom is -0.286 e. The smallest absolute Gasteiger partial charge is 0.286 e. The molecular weight excluding hydrogens is 409 g/mol. The molecule has 0 saturated carbocycles. The van der Waals surface area contributed by atoms with E-state index in [1.807, 2.05) is 6.07 Å². The van der Waals surface area contributed by atoms with Crippen LogP contribution in [-0.4, -0.2) is 34.8 Å². The number of aromatic nitrogens is 3. The van der Waals surface area contributed by atoms with Crippen molar-refractivity contribution in [3.63, 3.8) is 0 Å². The average molecular weight is 422 g/mol. The first kappa shape index (κ1) is 19.3. The largest absolute Gasteiger partial charge is 0.511 e. The number of alkyl halides is 3. The second-order valence-corrected chi connectivity index (χ2v) is 8.07. The van der Waals surface area contributed by atoms with Crippen LogP contribution in [0.2, 0.25) is 0 Å². The lowest BCUT2D eigenvalue weighted by molar-refractivity contribution is -0.0447. The highest BCUT2D eigenvalue weighted by Crippen LogP contribution is 2.26. The number of nitrogens with one attached hydrogen (secondary N) is 1. The topological polar surface area (TPSA) is 93.4 Å². The predicted octanol–water partition coefficient (Wildman–Crippen LogP) is 2.33. The number of pyridine rings is 1. The van der Waals surface area contributed by atoms with E-state index >= 15 is 0 Å². The van der Waals surface area contributed by atoms with Crippen molar-refractivity contribution in [1.82, 2.24) is 19.1 Å². The van der Waals surface area contributed by atoms with Crippen LogP contribution in [0.5, 0.6) is 0 Å². The van der Waals surface area contributed by atoms with E-state index in [0.29, 0.717) is 28.0 Å². The van der Waals surface area contributed by atoms with E-state index in [9.17, 15) is 26.4 Å². The number of rotatable bonds is 5. The van der Waals surface area contributed by atoms with Gasteiger partial charge >= 0.3 is 15.5 Å². The maximum Gasteiger partial charge on any atom is 0.511 e. The van der Waals surface area contributed by atoms with E-state index in [-0.39, 0.29) is 6.42 Å². The van der Waals surface area contributed by atoms with E-state index in [4.69, 9.17) is 0 Å². The van der Waals surface area contributed by atoms with Gasteiger partial charge in [0.1, 0.15) is 16.9 Å². The van der Waals surface area contributed by atoms with Crippen molar-refractivity contribution in [3.8, 4) is 11.3 Å². The number of imidazole rings is 1. The van der Waals surface area contributed by atoms with Gasteiger partial charge < -0.3 is 0 Å². The summed E-state index contributed by atoms with van der Waals surface area (Å²) in [6, 6.07) is 12.0. The molecule has 0 fully saturated rings. The summed E-state index contributed by atoms with van der Waals surface area (Å²) < 4.78 is 62.2. The summed E-state index contributed by atoms with van der Waals surface area (Å²) >= 11 is 0. The molecule has 0 unspecified atom stereocenters. The minimum absolute atomic E-state index is 0.0704. The Morgan fingerprint density at radius 2 is 1.79 bits per heavy atom. The van der Waals surface area contributed by atoms with Crippen LogP contribution >= 0.6 is 0 Å². The van der Waals surface area contributed by atoms with E-state index in [1.54, 1.807) is 40.8 Å². The molecule has 3 heterocycles. The fraction of sp³-hybridized carbons (Fsp3) is 0.167. The molecular formula is C18H13F3N4O3S. The number of halogens is 3. The second kappa shape index (κ2) is 6.78. The molecule has 0 aliphatic heterocycles. The van der Waals surface area contributed by atoms with E-state index in [1.165, 1.54) is 10.9 Å². The zero-order valence-electron chi connectivity index (χ0n) is 14.6. The van der Waals surface area contributed by atoms with Crippen LogP contribution in [0.3, 0.4) is 0 Å². The Balaban J connectivity index is 1.59. The second-order valence-electron chi connectivity index (χ2n) is 6.31. The average Bonchev–Trinajstić information content (AvgIpc) is 3.06. The molecule has 0 amide bonds. The van der Waals surface area contributed by atoms with Gasteiger partial charge in [0.2, 0.25) is 0 Å². The number of hydrogen-bond acceptors (Lipinski definition) is 5. The Morgan fingerprint density at radius 1 is 1.07 bits per heavy atom.